The zero-order valence-electron chi connectivity index (χ0n) is 11.7. The van der Waals surface area contributed by atoms with Gasteiger partial charge in [0.2, 0.25) is 0 Å². The van der Waals surface area contributed by atoms with E-state index in [1.165, 1.54) is 6.42 Å². The van der Waals surface area contributed by atoms with Gasteiger partial charge >= 0.3 is 0 Å². The van der Waals surface area contributed by atoms with E-state index in [1.807, 2.05) is 12.1 Å². The molecule has 0 radical (unpaired) electrons. The van der Waals surface area contributed by atoms with Crippen LogP contribution in [0.1, 0.15) is 19.0 Å². The van der Waals surface area contributed by atoms with Crippen LogP contribution in [-0.2, 0) is 11.3 Å². The summed E-state index contributed by atoms with van der Waals surface area (Å²) in [4.78, 5) is 6.99. The predicted octanol–water partition coefficient (Wildman–Crippen LogP) is 2.32. The predicted molar refractivity (Wildman–Crippen MR) is 78.8 cm³/mol. The lowest BCUT2D eigenvalue weighted by atomic mass is 10.1. The Morgan fingerprint density at radius 3 is 3.11 bits per heavy atom. The van der Waals surface area contributed by atoms with E-state index in [4.69, 9.17) is 16.3 Å². The fourth-order valence-electron chi connectivity index (χ4n) is 2.43. The van der Waals surface area contributed by atoms with Crippen LogP contribution in [0.5, 0.6) is 0 Å². The topological polar surface area (TPSA) is 37.4 Å². The molecule has 1 fully saturated rings. The van der Waals surface area contributed by atoms with E-state index in [0.29, 0.717) is 5.92 Å². The number of pyridine rings is 1. The average Bonchev–Trinajstić information content (AvgIpc) is 2.87. The van der Waals surface area contributed by atoms with Crippen molar-refractivity contribution in [3.63, 3.8) is 0 Å². The van der Waals surface area contributed by atoms with Gasteiger partial charge in [-0.25, -0.2) is 4.98 Å². The zero-order valence-corrected chi connectivity index (χ0v) is 12.4. The van der Waals surface area contributed by atoms with Crippen LogP contribution in [0.15, 0.2) is 12.1 Å². The van der Waals surface area contributed by atoms with E-state index in [-0.39, 0.29) is 0 Å². The number of anilines is 1. The van der Waals surface area contributed by atoms with E-state index in [0.717, 1.165) is 49.3 Å². The molecule has 2 heterocycles. The van der Waals surface area contributed by atoms with Gasteiger partial charge in [0.15, 0.2) is 0 Å². The van der Waals surface area contributed by atoms with Gasteiger partial charge in [-0.2, -0.15) is 0 Å². The van der Waals surface area contributed by atoms with Gasteiger partial charge in [0.25, 0.3) is 0 Å². The molecule has 1 aromatic heterocycles. The summed E-state index contributed by atoms with van der Waals surface area (Å²) in [5.74, 6) is 1.63. The molecular formula is C14H22ClN3O. The Hall–Kier alpha value is -0.840. The molecule has 5 heteroatoms. The Morgan fingerprint density at radius 1 is 1.53 bits per heavy atom. The summed E-state index contributed by atoms with van der Waals surface area (Å²) in [6.45, 7) is 6.61. The van der Waals surface area contributed by atoms with Crippen molar-refractivity contribution >= 4 is 17.4 Å². The molecule has 1 atom stereocenters. The summed E-state index contributed by atoms with van der Waals surface area (Å²) in [5, 5.41) is 4.00. The van der Waals surface area contributed by atoms with E-state index < -0.39 is 0 Å². The van der Waals surface area contributed by atoms with Gasteiger partial charge in [-0.05, 0) is 25.1 Å². The quantitative estimate of drug-likeness (QED) is 0.869. The summed E-state index contributed by atoms with van der Waals surface area (Å²) < 4.78 is 5.23. The van der Waals surface area contributed by atoms with Crippen LogP contribution >= 0.6 is 11.6 Å². The molecule has 1 aliphatic heterocycles. The first kappa shape index (κ1) is 14.6. The standard InChI is InChI=1S/C14H22ClN3O/c1-3-16-8-13-12(15)4-5-14(17-13)18-7-6-11(9-18)10-19-2/h4-5,11,16H,3,6-10H2,1-2H3. The smallest absolute Gasteiger partial charge is 0.128 e. The minimum atomic E-state index is 0.611. The van der Waals surface area contributed by atoms with Gasteiger partial charge in [0, 0.05) is 32.7 Å². The monoisotopic (exact) mass is 283 g/mol. The molecule has 2 rings (SSSR count). The van der Waals surface area contributed by atoms with Gasteiger partial charge in [-0.1, -0.05) is 18.5 Å². The lowest BCUT2D eigenvalue weighted by Gasteiger charge is -2.18. The molecule has 0 amide bonds. The van der Waals surface area contributed by atoms with Gasteiger partial charge in [0.05, 0.1) is 17.3 Å². The second-order valence-electron chi connectivity index (χ2n) is 4.93. The van der Waals surface area contributed by atoms with Crippen molar-refractivity contribution in [3.8, 4) is 0 Å². The van der Waals surface area contributed by atoms with Crippen LogP contribution in [0.4, 0.5) is 5.82 Å². The van der Waals surface area contributed by atoms with Crippen LogP contribution in [0.2, 0.25) is 5.02 Å². The molecule has 1 saturated heterocycles. The minimum absolute atomic E-state index is 0.611. The third kappa shape index (κ3) is 3.81. The Morgan fingerprint density at radius 2 is 2.37 bits per heavy atom. The molecular weight excluding hydrogens is 262 g/mol. The third-order valence-electron chi connectivity index (χ3n) is 3.46. The Labute approximate surface area is 120 Å². The Bertz CT molecular complexity index is 414. The summed E-state index contributed by atoms with van der Waals surface area (Å²) in [6, 6.07) is 3.95. The van der Waals surface area contributed by atoms with Crippen molar-refractivity contribution in [1.29, 1.82) is 0 Å². The van der Waals surface area contributed by atoms with Crippen molar-refractivity contribution in [2.24, 2.45) is 5.92 Å². The molecule has 1 unspecified atom stereocenters. The molecule has 0 saturated carbocycles. The highest BCUT2D eigenvalue weighted by Crippen LogP contribution is 2.25. The molecule has 0 bridgehead atoms. The summed E-state index contributed by atoms with van der Waals surface area (Å²) >= 11 is 6.18. The molecule has 1 aromatic rings. The molecule has 0 spiro atoms. The molecule has 19 heavy (non-hydrogen) atoms. The minimum Gasteiger partial charge on any atom is -0.384 e. The lowest BCUT2D eigenvalue weighted by molar-refractivity contribution is 0.161. The summed E-state index contributed by atoms with van der Waals surface area (Å²) in [5.41, 5.74) is 0.927. The van der Waals surface area contributed by atoms with Crippen molar-refractivity contribution in [2.45, 2.75) is 19.9 Å². The van der Waals surface area contributed by atoms with Crippen LogP contribution in [0.3, 0.4) is 0 Å². The number of rotatable bonds is 6. The highest BCUT2D eigenvalue weighted by molar-refractivity contribution is 6.31. The number of aromatic nitrogens is 1. The number of nitrogens with one attached hydrogen (secondary N) is 1. The first-order valence-electron chi connectivity index (χ1n) is 6.84. The highest BCUT2D eigenvalue weighted by Gasteiger charge is 2.23. The van der Waals surface area contributed by atoms with Crippen LogP contribution in [0.25, 0.3) is 0 Å². The molecule has 1 aliphatic rings. The number of methoxy groups -OCH3 is 1. The number of nitrogens with zero attached hydrogens (tertiary/aromatic N) is 2. The van der Waals surface area contributed by atoms with Gasteiger partial charge in [0.1, 0.15) is 5.82 Å². The average molecular weight is 284 g/mol. The highest BCUT2D eigenvalue weighted by atomic mass is 35.5. The molecule has 4 nitrogen and oxygen atoms in total. The van der Waals surface area contributed by atoms with Crippen molar-refractivity contribution in [2.75, 3.05) is 38.3 Å². The second-order valence-corrected chi connectivity index (χ2v) is 5.34. The lowest BCUT2D eigenvalue weighted by Crippen LogP contribution is -2.23. The van der Waals surface area contributed by atoms with Gasteiger partial charge in [-0.3, -0.25) is 0 Å². The Kier molecular flexibility index (Phi) is 5.43. The SMILES string of the molecule is CCNCc1nc(N2CCC(COC)C2)ccc1Cl. The van der Waals surface area contributed by atoms with E-state index in [1.54, 1.807) is 7.11 Å². The normalized spacial score (nSPS) is 19.1. The maximum Gasteiger partial charge on any atom is 0.128 e. The largest absolute Gasteiger partial charge is 0.384 e. The first-order valence-corrected chi connectivity index (χ1v) is 7.22. The summed E-state index contributed by atoms with van der Waals surface area (Å²) in [6.07, 6.45) is 1.17. The Balaban J connectivity index is 2.04. The number of hydrogen-bond acceptors (Lipinski definition) is 4. The molecule has 106 valence electrons. The number of halogens is 1. The molecule has 1 N–H and O–H groups in total. The maximum absolute atomic E-state index is 6.18. The first-order chi connectivity index (χ1) is 9.24. The van der Waals surface area contributed by atoms with E-state index in [9.17, 15) is 0 Å². The fraction of sp³-hybridized carbons (Fsp3) is 0.643. The van der Waals surface area contributed by atoms with Crippen molar-refractivity contribution in [1.82, 2.24) is 10.3 Å². The number of hydrogen-bond donors (Lipinski definition) is 1. The molecule has 0 aromatic carbocycles. The van der Waals surface area contributed by atoms with E-state index in [2.05, 4.69) is 22.1 Å². The van der Waals surface area contributed by atoms with Gasteiger partial charge < -0.3 is 15.0 Å². The van der Waals surface area contributed by atoms with Crippen LogP contribution in [-0.4, -0.2) is 38.3 Å². The van der Waals surface area contributed by atoms with Crippen LogP contribution < -0.4 is 10.2 Å². The maximum atomic E-state index is 6.18. The van der Waals surface area contributed by atoms with Crippen molar-refractivity contribution < 1.29 is 4.74 Å². The van der Waals surface area contributed by atoms with Crippen molar-refractivity contribution in [3.05, 3.63) is 22.8 Å². The summed E-state index contributed by atoms with van der Waals surface area (Å²) in [7, 11) is 1.76. The number of ether oxygens (including phenoxy) is 1. The van der Waals surface area contributed by atoms with Crippen LogP contribution in [0, 0.1) is 5.92 Å². The zero-order chi connectivity index (χ0) is 13.7. The fourth-order valence-corrected chi connectivity index (χ4v) is 2.60. The van der Waals surface area contributed by atoms with Gasteiger partial charge in [-0.15, -0.1) is 0 Å². The molecule has 0 aliphatic carbocycles. The third-order valence-corrected chi connectivity index (χ3v) is 3.80. The van der Waals surface area contributed by atoms with E-state index >= 15 is 0 Å². The second kappa shape index (κ2) is 7.08.